The van der Waals surface area contributed by atoms with Crippen molar-refractivity contribution in [3.63, 3.8) is 0 Å². The Kier molecular flexibility index (Phi) is 5.67. The first-order valence-electron chi connectivity index (χ1n) is 11.7. The molecule has 0 radical (unpaired) electrons. The van der Waals surface area contributed by atoms with Crippen LogP contribution in [0.15, 0.2) is 42.7 Å². The summed E-state index contributed by atoms with van der Waals surface area (Å²) in [7, 11) is 0. The van der Waals surface area contributed by atoms with Gasteiger partial charge in [0.2, 0.25) is 5.95 Å². The van der Waals surface area contributed by atoms with Gasteiger partial charge >= 0.3 is 6.09 Å². The highest BCUT2D eigenvalue weighted by atomic mass is 16.6. The van der Waals surface area contributed by atoms with Crippen LogP contribution in [0.4, 0.5) is 10.7 Å². The number of amides is 1. The van der Waals surface area contributed by atoms with Crippen LogP contribution in [-0.2, 0) is 11.3 Å². The molecule has 1 spiro atoms. The minimum absolute atomic E-state index is 0.0143. The Morgan fingerprint density at radius 1 is 1.12 bits per heavy atom. The highest BCUT2D eigenvalue weighted by molar-refractivity contribution is 5.69. The van der Waals surface area contributed by atoms with Gasteiger partial charge in [-0.3, -0.25) is 9.80 Å². The van der Waals surface area contributed by atoms with E-state index in [-0.39, 0.29) is 24.3 Å². The summed E-state index contributed by atoms with van der Waals surface area (Å²) in [5.41, 5.74) is 2.13. The molecule has 0 bridgehead atoms. The van der Waals surface area contributed by atoms with Crippen molar-refractivity contribution in [2.45, 2.75) is 51.4 Å². The number of hydrogen-bond acceptors (Lipinski definition) is 7. The lowest BCUT2D eigenvalue weighted by atomic mass is 9.61. The summed E-state index contributed by atoms with van der Waals surface area (Å²) in [4.78, 5) is 28.0. The van der Waals surface area contributed by atoms with E-state index in [0.29, 0.717) is 30.0 Å². The lowest BCUT2D eigenvalue weighted by Crippen LogP contribution is -2.65. The van der Waals surface area contributed by atoms with Crippen molar-refractivity contribution < 1.29 is 9.53 Å². The predicted molar refractivity (Wildman–Crippen MR) is 123 cm³/mol. The molecule has 3 aliphatic rings. The van der Waals surface area contributed by atoms with Crippen LogP contribution in [0.3, 0.4) is 0 Å². The number of carbonyl (C=O) groups is 1. The highest BCUT2D eigenvalue weighted by Gasteiger charge is 2.54. The molecule has 2 aliphatic heterocycles. The summed E-state index contributed by atoms with van der Waals surface area (Å²) < 4.78 is 5.91. The Morgan fingerprint density at radius 3 is 2.36 bits per heavy atom. The number of nitrogens with zero attached hydrogens (tertiary/aromatic N) is 6. The van der Waals surface area contributed by atoms with Gasteiger partial charge in [0.05, 0.1) is 30.0 Å². The lowest BCUT2D eigenvalue weighted by Gasteiger charge is -2.58. The molecule has 1 aromatic heterocycles. The van der Waals surface area contributed by atoms with Crippen LogP contribution in [-0.4, -0.2) is 70.2 Å². The molecule has 172 valence electrons. The topological polar surface area (TPSA) is 85.6 Å². The zero-order chi connectivity index (χ0) is 23.0. The van der Waals surface area contributed by atoms with E-state index in [0.717, 1.165) is 32.5 Å². The molecule has 1 aliphatic carbocycles. The van der Waals surface area contributed by atoms with Gasteiger partial charge in [-0.25, -0.2) is 14.8 Å². The standard InChI is InChI=1S/C25H30N6O2/c1-18-13-30(23-27-11-21(10-26)12-28-23)14-19(2)31(18)24(32)33-22-8-25(9-22)16-29(17-25)15-20-6-4-3-5-7-20/h3-7,11-12,18-19,22H,8-9,13-17H2,1-2H3/t18-,19+. The Bertz CT molecular complexity index is 1010. The highest BCUT2D eigenvalue weighted by Crippen LogP contribution is 2.50. The van der Waals surface area contributed by atoms with E-state index >= 15 is 0 Å². The molecule has 1 aromatic carbocycles. The first-order valence-corrected chi connectivity index (χ1v) is 11.7. The molecule has 1 saturated carbocycles. The summed E-state index contributed by atoms with van der Waals surface area (Å²) in [5, 5.41) is 8.94. The Labute approximate surface area is 194 Å². The van der Waals surface area contributed by atoms with E-state index in [9.17, 15) is 4.79 Å². The van der Waals surface area contributed by atoms with Gasteiger partial charge in [-0.2, -0.15) is 5.26 Å². The maximum Gasteiger partial charge on any atom is 0.410 e. The number of aromatic nitrogens is 2. The van der Waals surface area contributed by atoms with E-state index in [1.165, 1.54) is 18.0 Å². The van der Waals surface area contributed by atoms with Gasteiger partial charge in [-0.15, -0.1) is 0 Å². The van der Waals surface area contributed by atoms with Crippen LogP contribution in [0.25, 0.3) is 0 Å². The third-order valence-electron chi connectivity index (χ3n) is 7.14. The van der Waals surface area contributed by atoms with Crippen molar-refractivity contribution in [3.8, 4) is 6.07 Å². The van der Waals surface area contributed by atoms with Gasteiger partial charge in [0, 0.05) is 38.1 Å². The normalized spacial score (nSPS) is 24.6. The largest absolute Gasteiger partial charge is 0.446 e. The molecule has 8 heteroatoms. The van der Waals surface area contributed by atoms with Gasteiger partial charge in [-0.05, 0) is 32.3 Å². The third-order valence-corrected chi connectivity index (χ3v) is 7.14. The van der Waals surface area contributed by atoms with Gasteiger partial charge in [0.15, 0.2) is 0 Å². The van der Waals surface area contributed by atoms with Crippen molar-refractivity contribution >= 4 is 12.0 Å². The van der Waals surface area contributed by atoms with E-state index in [4.69, 9.17) is 10.00 Å². The molecule has 1 amide bonds. The lowest BCUT2D eigenvalue weighted by molar-refractivity contribution is -0.137. The molecule has 3 heterocycles. The zero-order valence-electron chi connectivity index (χ0n) is 19.2. The third kappa shape index (κ3) is 4.38. The number of rotatable bonds is 4. The number of benzene rings is 1. The molecule has 2 atom stereocenters. The SMILES string of the molecule is C[C@@H]1CN(c2ncc(C#N)cn2)C[C@H](C)N1C(=O)OC1CC2(C1)CN(Cc1ccccc1)C2. The monoisotopic (exact) mass is 446 g/mol. The number of piperazine rings is 1. The Balaban J connectivity index is 1.09. The Hall–Kier alpha value is -3.18. The fraction of sp³-hybridized carbons (Fsp3) is 0.520. The summed E-state index contributed by atoms with van der Waals surface area (Å²) >= 11 is 0. The van der Waals surface area contributed by atoms with Crippen LogP contribution in [0.5, 0.6) is 0 Å². The summed E-state index contributed by atoms with van der Waals surface area (Å²) in [6, 6.07) is 12.6. The fourth-order valence-electron chi connectivity index (χ4n) is 5.70. The van der Waals surface area contributed by atoms with Crippen LogP contribution in [0.1, 0.15) is 37.8 Å². The van der Waals surface area contributed by atoms with Crippen molar-refractivity contribution in [2.75, 3.05) is 31.1 Å². The zero-order valence-corrected chi connectivity index (χ0v) is 19.2. The van der Waals surface area contributed by atoms with Gasteiger partial charge in [-0.1, -0.05) is 30.3 Å². The van der Waals surface area contributed by atoms with E-state index in [1.807, 2.05) is 30.9 Å². The number of hydrogen-bond donors (Lipinski definition) is 0. The van der Waals surface area contributed by atoms with Crippen molar-refractivity contribution in [1.82, 2.24) is 19.8 Å². The second-order valence-corrected chi connectivity index (χ2v) is 9.94. The number of likely N-dealkylation sites (tertiary alicyclic amines) is 1. The fourth-order valence-corrected chi connectivity index (χ4v) is 5.70. The molecule has 0 unspecified atom stereocenters. The molecule has 5 rings (SSSR count). The minimum Gasteiger partial charge on any atom is -0.446 e. The molecule has 2 saturated heterocycles. The first kappa shape index (κ1) is 21.7. The molecule has 33 heavy (non-hydrogen) atoms. The maximum atomic E-state index is 13.0. The van der Waals surface area contributed by atoms with Crippen LogP contribution >= 0.6 is 0 Å². The maximum absolute atomic E-state index is 13.0. The number of carbonyl (C=O) groups excluding carboxylic acids is 1. The first-order chi connectivity index (χ1) is 15.9. The smallest absolute Gasteiger partial charge is 0.410 e. The Morgan fingerprint density at radius 2 is 1.76 bits per heavy atom. The molecule has 0 N–H and O–H groups in total. The quantitative estimate of drug-likeness (QED) is 0.713. The minimum atomic E-state index is -0.212. The van der Waals surface area contributed by atoms with Crippen molar-refractivity contribution in [3.05, 3.63) is 53.9 Å². The van der Waals surface area contributed by atoms with Gasteiger partial charge < -0.3 is 9.64 Å². The predicted octanol–water partition coefficient (Wildman–Crippen LogP) is 3.05. The van der Waals surface area contributed by atoms with E-state index in [1.54, 1.807) is 0 Å². The molecular weight excluding hydrogens is 416 g/mol. The number of nitriles is 1. The summed E-state index contributed by atoms with van der Waals surface area (Å²) in [6.45, 7) is 8.50. The van der Waals surface area contributed by atoms with Crippen LogP contribution in [0.2, 0.25) is 0 Å². The average Bonchev–Trinajstić information content (AvgIpc) is 2.76. The van der Waals surface area contributed by atoms with E-state index in [2.05, 4.69) is 44.0 Å². The van der Waals surface area contributed by atoms with Gasteiger partial charge in [0.25, 0.3) is 0 Å². The average molecular weight is 447 g/mol. The molecule has 8 nitrogen and oxygen atoms in total. The summed E-state index contributed by atoms with van der Waals surface area (Å²) in [5.74, 6) is 0.590. The number of ether oxygens (including phenoxy) is 1. The van der Waals surface area contributed by atoms with Crippen LogP contribution < -0.4 is 4.90 Å². The van der Waals surface area contributed by atoms with Crippen molar-refractivity contribution in [1.29, 1.82) is 5.26 Å². The van der Waals surface area contributed by atoms with Gasteiger partial charge in [0.1, 0.15) is 12.2 Å². The van der Waals surface area contributed by atoms with E-state index < -0.39 is 0 Å². The van der Waals surface area contributed by atoms with Crippen LogP contribution in [0, 0.1) is 16.7 Å². The molecular formula is C25H30N6O2. The summed E-state index contributed by atoms with van der Waals surface area (Å²) in [6.07, 6.45) is 4.81. The molecule has 3 fully saturated rings. The second-order valence-electron chi connectivity index (χ2n) is 9.94. The van der Waals surface area contributed by atoms with Crippen molar-refractivity contribution in [2.24, 2.45) is 5.41 Å². The second kappa shape index (κ2) is 8.64. The molecule has 2 aromatic rings. The number of anilines is 1.